The minimum Gasteiger partial charge on any atom is -0.496 e. The van der Waals surface area contributed by atoms with E-state index >= 15 is 0 Å². The van der Waals surface area contributed by atoms with Crippen LogP contribution in [0.5, 0.6) is 5.75 Å². The fourth-order valence-corrected chi connectivity index (χ4v) is 3.27. The van der Waals surface area contributed by atoms with Gasteiger partial charge in [0.2, 0.25) is 5.91 Å². The maximum Gasteiger partial charge on any atom is 0.226 e. The first-order valence-electron chi connectivity index (χ1n) is 8.32. The van der Waals surface area contributed by atoms with Crippen LogP contribution in [-0.2, 0) is 11.3 Å². The first-order chi connectivity index (χ1) is 10.7. The standard InChI is InChI=1S/C18H28N2O2/c1-4-20(5-2)18(21)16-10-8-12-19(14-16)13-15-9-6-7-11-17(15)22-3/h6-7,9,11,16H,4-5,8,10,12-14H2,1-3H3/t16-/m1/s1. The Balaban J connectivity index is 2.00. The molecule has 1 aromatic carbocycles. The lowest BCUT2D eigenvalue weighted by molar-refractivity contribution is -0.137. The number of rotatable bonds is 6. The number of hydrogen-bond acceptors (Lipinski definition) is 3. The molecule has 1 aliphatic heterocycles. The normalized spacial score (nSPS) is 19.0. The van der Waals surface area contributed by atoms with E-state index in [-0.39, 0.29) is 5.92 Å². The number of benzene rings is 1. The minimum absolute atomic E-state index is 0.142. The van der Waals surface area contributed by atoms with Gasteiger partial charge in [-0.25, -0.2) is 0 Å². The molecule has 0 bridgehead atoms. The molecule has 0 aromatic heterocycles. The molecule has 1 aromatic rings. The van der Waals surface area contributed by atoms with Crippen molar-refractivity contribution in [3.05, 3.63) is 29.8 Å². The molecule has 4 heteroatoms. The third-order valence-corrected chi connectivity index (χ3v) is 4.52. The average Bonchev–Trinajstić information content (AvgIpc) is 2.56. The van der Waals surface area contributed by atoms with Crippen molar-refractivity contribution in [2.24, 2.45) is 5.92 Å². The third kappa shape index (κ3) is 4.01. The second-order valence-electron chi connectivity index (χ2n) is 5.90. The zero-order valence-electron chi connectivity index (χ0n) is 14.0. The molecule has 1 saturated heterocycles. The van der Waals surface area contributed by atoms with Crippen molar-refractivity contribution >= 4 is 5.91 Å². The number of amides is 1. The molecule has 1 heterocycles. The van der Waals surface area contributed by atoms with Gasteiger partial charge in [0.15, 0.2) is 0 Å². The number of carbonyl (C=O) groups is 1. The van der Waals surface area contributed by atoms with E-state index in [1.807, 2.05) is 23.1 Å². The lowest BCUT2D eigenvalue weighted by Crippen LogP contribution is -2.44. The molecule has 1 atom stereocenters. The molecule has 22 heavy (non-hydrogen) atoms. The zero-order chi connectivity index (χ0) is 15.9. The Morgan fingerprint density at radius 3 is 2.73 bits per heavy atom. The average molecular weight is 304 g/mol. The molecule has 0 saturated carbocycles. The molecule has 0 unspecified atom stereocenters. The third-order valence-electron chi connectivity index (χ3n) is 4.52. The molecule has 122 valence electrons. The quantitative estimate of drug-likeness (QED) is 0.810. The first kappa shape index (κ1) is 16.8. The highest BCUT2D eigenvalue weighted by Gasteiger charge is 2.28. The molecule has 1 aliphatic rings. The van der Waals surface area contributed by atoms with Gasteiger partial charge in [-0.3, -0.25) is 9.69 Å². The Kier molecular flexibility index (Phi) is 6.25. The maximum atomic E-state index is 12.6. The number of piperidine rings is 1. The Hall–Kier alpha value is -1.55. The Labute approximate surface area is 134 Å². The highest BCUT2D eigenvalue weighted by atomic mass is 16.5. The minimum atomic E-state index is 0.142. The highest BCUT2D eigenvalue weighted by Crippen LogP contribution is 2.24. The van der Waals surface area contributed by atoms with Crippen molar-refractivity contribution in [2.45, 2.75) is 33.2 Å². The lowest BCUT2D eigenvalue weighted by atomic mass is 9.96. The van der Waals surface area contributed by atoms with Crippen LogP contribution in [-0.4, -0.2) is 49.0 Å². The highest BCUT2D eigenvalue weighted by molar-refractivity contribution is 5.79. The summed E-state index contributed by atoms with van der Waals surface area (Å²) in [7, 11) is 1.71. The van der Waals surface area contributed by atoms with E-state index in [1.165, 1.54) is 5.56 Å². The lowest BCUT2D eigenvalue weighted by Gasteiger charge is -2.34. The van der Waals surface area contributed by atoms with Crippen LogP contribution < -0.4 is 4.74 Å². The topological polar surface area (TPSA) is 32.8 Å². The smallest absolute Gasteiger partial charge is 0.226 e. The molecule has 2 rings (SSSR count). The van der Waals surface area contributed by atoms with Crippen LogP contribution in [0, 0.1) is 5.92 Å². The largest absolute Gasteiger partial charge is 0.496 e. The van der Waals surface area contributed by atoms with Crippen LogP contribution in [0.25, 0.3) is 0 Å². The van der Waals surface area contributed by atoms with Crippen molar-refractivity contribution in [1.82, 2.24) is 9.80 Å². The molecular weight excluding hydrogens is 276 g/mol. The molecule has 4 nitrogen and oxygen atoms in total. The van der Waals surface area contributed by atoms with Gasteiger partial charge in [-0.2, -0.15) is 0 Å². The Morgan fingerprint density at radius 2 is 2.05 bits per heavy atom. The summed E-state index contributed by atoms with van der Waals surface area (Å²) >= 11 is 0. The summed E-state index contributed by atoms with van der Waals surface area (Å²) in [6.07, 6.45) is 2.10. The molecule has 1 amide bonds. The number of ether oxygens (including phenoxy) is 1. The van der Waals surface area contributed by atoms with Gasteiger partial charge in [0, 0.05) is 31.7 Å². The monoisotopic (exact) mass is 304 g/mol. The fraction of sp³-hybridized carbons (Fsp3) is 0.611. The number of likely N-dealkylation sites (tertiary alicyclic amines) is 1. The van der Waals surface area contributed by atoms with Crippen LogP contribution in [0.15, 0.2) is 24.3 Å². The summed E-state index contributed by atoms with van der Waals surface area (Å²) in [6, 6.07) is 8.14. The number of hydrogen-bond donors (Lipinski definition) is 0. The van der Waals surface area contributed by atoms with Gasteiger partial charge in [-0.05, 0) is 39.3 Å². The molecule has 0 spiro atoms. The molecule has 0 radical (unpaired) electrons. The second kappa shape index (κ2) is 8.18. The van der Waals surface area contributed by atoms with Crippen molar-refractivity contribution in [2.75, 3.05) is 33.3 Å². The van der Waals surface area contributed by atoms with Crippen molar-refractivity contribution in [3.8, 4) is 5.75 Å². The number of para-hydroxylation sites is 1. The zero-order valence-corrected chi connectivity index (χ0v) is 14.0. The Bertz CT molecular complexity index is 486. The van der Waals surface area contributed by atoms with Crippen LogP contribution in [0.2, 0.25) is 0 Å². The fourth-order valence-electron chi connectivity index (χ4n) is 3.27. The van der Waals surface area contributed by atoms with Crippen LogP contribution in [0.1, 0.15) is 32.3 Å². The van der Waals surface area contributed by atoms with E-state index < -0.39 is 0 Å². The summed E-state index contributed by atoms with van der Waals surface area (Å²) in [5, 5.41) is 0. The van der Waals surface area contributed by atoms with E-state index in [4.69, 9.17) is 4.74 Å². The van der Waals surface area contributed by atoms with Crippen molar-refractivity contribution in [1.29, 1.82) is 0 Å². The van der Waals surface area contributed by atoms with Gasteiger partial charge in [-0.15, -0.1) is 0 Å². The molecule has 0 aliphatic carbocycles. The van der Waals surface area contributed by atoms with E-state index in [9.17, 15) is 4.79 Å². The van der Waals surface area contributed by atoms with Gasteiger partial charge in [0.05, 0.1) is 13.0 Å². The summed E-state index contributed by atoms with van der Waals surface area (Å²) in [4.78, 5) is 16.9. The van der Waals surface area contributed by atoms with E-state index in [1.54, 1.807) is 7.11 Å². The predicted octanol–water partition coefficient (Wildman–Crippen LogP) is 2.78. The van der Waals surface area contributed by atoms with E-state index in [2.05, 4.69) is 24.8 Å². The number of nitrogens with zero attached hydrogens (tertiary/aromatic N) is 2. The summed E-state index contributed by atoms with van der Waals surface area (Å²) in [6.45, 7) is 8.48. The molecule has 1 fully saturated rings. The SMILES string of the molecule is CCN(CC)C(=O)[C@@H]1CCCN(Cc2ccccc2OC)C1. The second-order valence-corrected chi connectivity index (χ2v) is 5.90. The maximum absolute atomic E-state index is 12.6. The van der Waals surface area contributed by atoms with E-state index in [0.29, 0.717) is 5.91 Å². The van der Waals surface area contributed by atoms with Gasteiger partial charge in [0.1, 0.15) is 5.75 Å². The Morgan fingerprint density at radius 1 is 1.32 bits per heavy atom. The van der Waals surface area contributed by atoms with Gasteiger partial charge in [0.25, 0.3) is 0 Å². The van der Waals surface area contributed by atoms with Gasteiger partial charge < -0.3 is 9.64 Å². The van der Waals surface area contributed by atoms with Gasteiger partial charge >= 0.3 is 0 Å². The predicted molar refractivity (Wildman–Crippen MR) is 88.9 cm³/mol. The summed E-state index contributed by atoms with van der Waals surface area (Å²) < 4.78 is 5.43. The first-order valence-corrected chi connectivity index (χ1v) is 8.32. The van der Waals surface area contributed by atoms with Gasteiger partial charge in [-0.1, -0.05) is 18.2 Å². The van der Waals surface area contributed by atoms with Crippen molar-refractivity contribution in [3.63, 3.8) is 0 Å². The van der Waals surface area contributed by atoms with Crippen molar-refractivity contribution < 1.29 is 9.53 Å². The molecule has 0 N–H and O–H groups in total. The van der Waals surface area contributed by atoms with Crippen LogP contribution in [0.3, 0.4) is 0 Å². The molecular formula is C18H28N2O2. The number of methoxy groups -OCH3 is 1. The summed E-state index contributed by atoms with van der Waals surface area (Å²) in [5.41, 5.74) is 1.20. The summed E-state index contributed by atoms with van der Waals surface area (Å²) in [5.74, 6) is 1.39. The van der Waals surface area contributed by atoms with E-state index in [0.717, 1.165) is 51.3 Å². The van der Waals surface area contributed by atoms with Crippen LogP contribution in [0.4, 0.5) is 0 Å². The van der Waals surface area contributed by atoms with Crippen LogP contribution >= 0.6 is 0 Å². The number of carbonyl (C=O) groups excluding carboxylic acids is 1.